The lowest BCUT2D eigenvalue weighted by molar-refractivity contribution is -0.155. The van der Waals surface area contributed by atoms with E-state index in [1.807, 2.05) is 30.3 Å². The molecule has 0 aliphatic carbocycles. The number of benzene rings is 1. The molecule has 1 atom stereocenters. The van der Waals surface area contributed by atoms with E-state index in [0.29, 0.717) is 25.4 Å². The molecule has 0 radical (unpaired) electrons. The van der Waals surface area contributed by atoms with Gasteiger partial charge in [0.1, 0.15) is 12.4 Å². The standard InChI is InChI=1S/C21H30O7/c1-3-20(22)26-15-9-12-21(23)28-19(16-25-14-8-7-13-24-2)17-27-18-10-5-4-6-11-18/h3-6,10-11,19H,1,7-9,12-17H2,2H3. The molecule has 7 heteroatoms. The minimum Gasteiger partial charge on any atom is -0.490 e. The number of unbranched alkanes of at least 4 members (excludes halogenated alkanes) is 1. The van der Waals surface area contributed by atoms with Gasteiger partial charge in [-0.25, -0.2) is 4.79 Å². The van der Waals surface area contributed by atoms with Crippen LogP contribution in [-0.4, -0.2) is 58.2 Å². The fraction of sp³-hybridized carbons (Fsp3) is 0.524. The van der Waals surface area contributed by atoms with Crippen molar-refractivity contribution in [3.8, 4) is 5.75 Å². The first-order chi connectivity index (χ1) is 13.7. The molecule has 0 fully saturated rings. The van der Waals surface area contributed by atoms with Crippen molar-refractivity contribution in [2.75, 3.05) is 40.1 Å². The summed E-state index contributed by atoms with van der Waals surface area (Å²) in [7, 11) is 1.66. The molecule has 0 heterocycles. The maximum absolute atomic E-state index is 12.0. The van der Waals surface area contributed by atoms with E-state index in [1.54, 1.807) is 7.11 Å². The summed E-state index contributed by atoms with van der Waals surface area (Å²) < 4.78 is 26.6. The second-order valence-electron chi connectivity index (χ2n) is 5.99. The van der Waals surface area contributed by atoms with Crippen LogP contribution in [-0.2, 0) is 28.5 Å². The van der Waals surface area contributed by atoms with Crippen molar-refractivity contribution in [1.82, 2.24) is 0 Å². The van der Waals surface area contributed by atoms with Gasteiger partial charge >= 0.3 is 11.9 Å². The number of para-hydroxylation sites is 1. The van der Waals surface area contributed by atoms with Crippen molar-refractivity contribution < 1.29 is 33.3 Å². The highest BCUT2D eigenvalue weighted by atomic mass is 16.6. The minimum atomic E-state index is -0.522. The number of carbonyl (C=O) groups excluding carboxylic acids is 2. The fourth-order valence-electron chi connectivity index (χ4n) is 2.18. The molecule has 0 N–H and O–H groups in total. The molecule has 0 aliphatic heterocycles. The minimum absolute atomic E-state index is 0.139. The lowest BCUT2D eigenvalue weighted by Gasteiger charge is -2.19. The Hall–Kier alpha value is -2.38. The first-order valence-corrected chi connectivity index (χ1v) is 9.39. The number of carbonyl (C=O) groups is 2. The molecular weight excluding hydrogens is 364 g/mol. The molecule has 1 rings (SSSR count). The molecule has 0 aliphatic rings. The van der Waals surface area contributed by atoms with Crippen LogP contribution in [0.4, 0.5) is 0 Å². The van der Waals surface area contributed by atoms with Crippen molar-refractivity contribution in [2.45, 2.75) is 31.8 Å². The van der Waals surface area contributed by atoms with Crippen LogP contribution < -0.4 is 4.74 Å². The molecule has 156 valence electrons. The van der Waals surface area contributed by atoms with E-state index in [1.165, 1.54) is 0 Å². The summed E-state index contributed by atoms with van der Waals surface area (Å²) in [5, 5.41) is 0. The Bertz CT molecular complexity index is 559. The maximum atomic E-state index is 12.0. The number of rotatable bonds is 16. The number of hydrogen-bond acceptors (Lipinski definition) is 7. The Morgan fingerprint density at radius 3 is 2.50 bits per heavy atom. The third-order valence-corrected chi connectivity index (χ3v) is 3.60. The third kappa shape index (κ3) is 12.1. The van der Waals surface area contributed by atoms with Gasteiger partial charge in [-0.05, 0) is 31.4 Å². The predicted octanol–water partition coefficient (Wildman–Crippen LogP) is 2.93. The van der Waals surface area contributed by atoms with E-state index in [0.717, 1.165) is 18.9 Å². The molecule has 0 saturated heterocycles. The van der Waals surface area contributed by atoms with Crippen LogP contribution in [0.25, 0.3) is 0 Å². The number of methoxy groups -OCH3 is 1. The van der Waals surface area contributed by atoms with Gasteiger partial charge in [0.25, 0.3) is 0 Å². The van der Waals surface area contributed by atoms with E-state index in [2.05, 4.69) is 6.58 Å². The molecule has 1 aromatic carbocycles. The quantitative estimate of drug-likeness (QED) is 0.242. The van der Waals surface area contributed by atoms with E-state index in [4.69, 9.17) is 23.7 Å². The third-order valence-electron chi connectivity index (χ3n) is 3.60. The summed E-state index contributed by atoms with van der Waals surface area (Å²) in [6, 6.07) is 9.30. The van der Waals surface area contributed by atoms with Gasteiger partial charge in [-0.15, -0.1) is 0 Å². The van der Waals surface area contributed by atoms with Crippen LogP contribution in [0.5, 0.6) is 5.75 Å². The van der Waals surface area contributed by atoms with Crippen molar-refractivity contribution in [1.29, 1.82) is 0 Å². The lowest BCUT2D eigenvalue weighted by Crippen LogP contribution is -2.30. The topological polar surface area (TPSA) is 80.3 Å². The van der Waals surface area contributed by atoms with Crippen molar-refractivity contribution in [2.24, 2.45) is 0 Å². The zero-order chi connectivity index (χ0) is 20.5. The summed E-state index contributed by atoms with van der Waals surface area (Å²) in [5.41, 5.74) is 0. The Morgan fingerprint density at radius 1 is 1.04 bits per heavy atom. The van der Waals surface area contributed by atoms with Gasteiger partial charge in [-0.1, -0.05) is 24.8 Å². The molecule has 0 amide bonds. The highest BCUT2D eigenvalue weighted by Gasteiger charge is 2.16. The van der Waals surface area contributed by atoms with Crippen LogP contribution in [0.1, 0.15) is 25.7 Å². The van der Waals surface area contributed by atoms with Gasteiger partial charge < -0.3 is 23.7 Å². The Kier molecular flexibility index (Phi) is 13.2. The van der Waals surface area contributed by atoms with Crippen molar-refractivity contribution in [3.05, 3.63) is 43.0 Å². The normalized spacial score (nSPS) is 11.5. The van der Waals surface area contributed by atoms with Crippen LogP contribution in [0.2, 0.25) is 0 Å². The van der Waals surface area contributed by atoms with Crippen molar-refractivity contribution >= 4 is 11.9 Å². The van der Waals surface area contributed by atoms with Gasteiger partial charge in [0.05, 0.1) is 13.2 Å². The molecule has 0 saturated carbocycles. The molecule has 7 nitrogen and oxygen atoms in total. The lowest BCUT2D eigenvalue weighted by atomic mass is 10.3. The van der Waals surface area contributed by atoms with E-state index in [-0.39, 0.29) is 32.2 Å². The SMILES string of the molecule is C=CC(=O)OCCCC(=O)OC(COCCCCOC)COc1ccccc1. The molecule has 1 aromatic rings. The summed E-state index contributed by atoms with van der Waals surface area (Å²) >= 11 is 0. The smallest absolute Gasteiger partial charge is 0.330 e. The maximum Gasteiger partial charge on any atom is 0.330 e. The summed E-state index contributed by atoms with van der Waals surface area (Å²) in [6.07, 6.45) is 2.85. The molecule has 0 spiro atoms. The average Bonchev–Trinajstić information content (AvgIpc) is 2.72. The van der Waals surface area contributed by atoms with E-state index < -0.39 is 12.1 Å². The monoisotopic (exact) mass is 394 g/mol. The highest BCUT2D eigenvalue weighted by Crippen LogP contribution is 2.10. The van der Waals surface area contributed by atoms with Crippen molar-refractivity contribution in [3.63, 3.8) is 0 Å². The second-order valence-corrected chi connectivity index (χ2v) is 5.99. The summed E-state index contributed by atoms with van der Waals surface area (Å²) in [4.78, 5) is 23.0. The molecular formula is C21H30O7. The van der Waals surface area contributed by atoms with E-state index >= 15 is 0 Å². The molecule has 28 heavy (non-hydrogen) atoms. The fourth-order valence-corrected chi connectivity index (χ4v) is 2.18. The highest BCUT2D eigenvalue weighted by molar-refractivity contribution is 5.81. The van der Waals surface area contributed by atoms with Gasteiger partial charge in [0.2, 0.25) is 0 Å². The Balaban J connectivity index is 2.36. The zero-order valence-corrected chi connectivity index (χ0v) is 16.5. The molecule has 0 bridgehead atoms. The summed E-state index contributed by atoms with van der Waals surface area (Å²) in [6.45, 7) is 5.14. The Labute approximate surface area is 166 Å². The van der Waals surface area contributed by atoms with Gasteiger partial charge in [0, 0.05) is 32.8 Å². The van der Waals surface area contributed by atoms with Crippen LogP contribution >= 0.6 is 0 Å². The Morgan fingerprint density at radius 2 is 1.79 bits per heavy atom. The van der Waals surface area contributed by atoms with Gasteiger partial charge in [-0.2, -0.15) is 0 Å². The first-order valence-electron chi connectivity index (χ1n) is 9.39. The van der Waals surface area contributed by atoms with Gasteiger partial charge in [-0.3, -0.25) is 4.79 Å². The second kappa shape index (κ2) is 15.7. The van der Waals surface area contributed by atoms with Gasteiger partial charge in [0.15, 0.2) is 6.10 Å². The predicted molar refractivity (Wildman–Crippen MR) is 104 cm³/mol. The average molecular weight is 394 g/mol. The largest absolute Gasteiger partial charge is 0.490 e. The first kappa shape index (κ1) is 23.7. The van der Waals surface area contributed by atoms with Crippen LogP contribution in [0, 0.1) is 0 Å². The number of ether oxygens (including phenoxy) is 5. The number of hydrogen-bond donors (Lipinski definition) is 0. The van der Waals surface area contributed by atoms with E-state index in [9.17, 15) is 9.59 Å². The number of esters is 2. The van der Waals surface area contributed by atoms with Crippen LogP contribution in [0.3, 0.4) is 0 Å². The summed E-state index contributed by atoms with van der Waals surface area (Å²) in [5.74, 6) is -0.205. The molecule has 1 unspecified atom stereocenters. The van der Waals surface area contributed by atoms with Crippen LogP contribution in [0.15, 0.2) is 43.0 Å². The molecule has 0 aromatic heterocycles. The zero-order valence-electron chi connectivity index (χ0n) is 16.5.